The van der Waals surface area contributed by atoms with E-state index >= 15 is 0 Å². The van der Waals surface area contributed by atoms with Gasteiger partial charge in [0.05, 0.1) is 18.4 Å². The minimum atomic E-state index is 0.103. The molecule has 1 fully saturated rings. The minimum absolute atomic E-state index is 0.103. The van der Waals surface area contributed by atoms with Crippen LogP contribution in [-0.4, -0.2) is 38.9 Å². The van der Waals surface area contributed by atoms with Gasteiger partial charge in [0, 0.05) is 18.7 Å². The molecule has 1 amide bonds. The number of rotatable bonds is 2. The highest BCUT2D eigenvalue weighted by molar-refractivity contribution is 5.94. The standard InChI is InChI=1S/C15H18N4O/c1-11-7-12(2)9-13(8-11)15(20)18-6-3-14(10-18)19-16-4-5-17-19/h4-5,7-9,14H,3,6,10H2,1-2H3/t14-/m0/s1. The molecule has 104 valence electrons. The topological polar surface area (TPSA) is 51.0 Å². The fraction of sp³-hybridized carbons (Fsp3) is 0.400. The molecule has 0 spiro atoms. The van der Waals surface area contributed by atoms with Crippen LogP contribution in [0.2, 0.25) is 0 Å². The number of hydrogen-bond acceptors (Lipinski definition) is 3. The van der Waals surface area contributed by atoms with Crippen LogP contribution >= 0.6 is 0 Å². The van der Waals surface area contributed by atoms with Crippen LogP contribution < -0.4 is 0 Å². The quantitative estimate of drug-likeness (QED) is 0.838. The maximum absolute atomic E-state index is 12.5. The number of nitrogens with zero attached hydrogens (tertiary/aromatic N) is 4. The van der Waals surface area contributed by atoms with Crippen molar-refractivity contribution >= 4 is 5.91 Å². The van der Waals surface area contributed by atoms with Crippen LogP contribution in [0.1, 0.15) is 33.9 Å². The van der Waals surface area contributed by atoms with Gasteiger partial charge in [-0.3, -0.25) is 4.79 Å². The first-order valence-corrected chi connectivity index (χ1v) is 6.87. The molecule has 2 aromatic rings. The zero-order chi connectivity index (χ0) is 14.1. The molecule has 1 saturated heterocycles. The Morgan fingerprint density at radius 3 is 2.45 bits per heavy atom. The van der Waals surface area contributed by atoms with E-state index < -0.39 is 0 Å². The Kier molecular flexibility index (Phi) is 3.26. The highest BCUT2D eigenvalue weighted by Gasteiger charge is 2.29. The highest BCUT2D eigenvalue weighted by Crippen LogP contribution is 2.22. The van der Waals surface area contributed by atoms with Crippen LogP contribution in [0.4, 0.5) is 0 Å². The Bertz CT molecular complexity index is 601. The fourth-order valence-corrected chi connectivity index (χ4v) is 2.81. The maximum atomic E-state index is 12.5. The Hall–Kier alpha value is -2.17. The van der Waals surface area contributed by atoms with E-state index in [2.05, 4.69) is 16.3 Å². The zero-order valence-corrected chi connectivity index (χ0v) is 11.8. The summed E-state index contributed by atoms with van der Waals surface area (Å²) in [7, 11) is 0. The van der Waals surface area contributed by atoms with Crippen LogP contribution in [0.3, 0.4) is 0 Å². The predicted octanol–water partition coefficient (Wildman–Crippen LogP) is 1.98. The molecule has 5 heteroatoms. The average Bonchev–Trinajstić information content (AvgIpc) is 3.07. The van der Waals surface area contributed by atoms with Gasteiger partial charge in [0.1, 0.15) is 0 Å². The summed E-state index contributed by atoms with van der Waals surface area (Å²) < 4.78 is 0. The third kappa shape index (κ3) is 2.43. The van der Waals surface area contributed by atoms with Gasteiger partial charge < -0.3 is 4.90 Å². The molecule has 1 atom stereocenters. The maximum Gasteiger partial charge on any atom is 0.253 e. The molecule has 0 saturated carbocycles. The number of aryl methyl sites for hydroxylation is 2. The van der Waals surface area contributed by atoms with Crippen LogP contribution in [0.15, 0.2) is 30.6 Å². The van der Waals surface area contributed by atoms with Crippen LogP contribution in [0, 0.1) is 13.8 Å². The molecular formula is C15H18N4O. The summed E-state index contributed by atoms with van der Waals surface area (Å²) in [6.45, 7) is 5.48. The molecule has 0 unspecified atom stereocenters. The van der Waals surface area contributed by atoms with Gasteiger partial charge in [-0.05, 0) is 32.4 Å². The third-order valence-corrected chi connectivity index (χ3v) is 3.68. The SMILES string of the molecule is Cc1cc(C)cc(C(=O)N2CC[C@H](n3nccn3)C2)c1. The lowest BCUT2D eigenvalue weighted by Crippen LogP contribution is -2.29. The van der Waals surface area contributed by atoms with E-state index in [1.165, 1.54) is 0 Å². The van der Waals surface area contributed by atoms with Crippen molar-refractivity contribution in [1.29, 1.82) is 0 Å². The molecule has 3 rings (SSSR count). The molecule has 1 aromatic carbocycles. The van der Waals surface area contributed by atoms with Gasteiger partial charge in [0.25, 0.3) is 5.91 Å². The molecule has 0 bridgehead atoms. The largest absolute Gasteiger partial charge is 0.336 e. The average molecular weight is 270 g/mol. The Balaban J connectivity index is 1.75. The molecule has 0 N–H and O–H groups in total. The molecule has 1 aromatic heterocycles. The van der Waals surface area contributed by atoms with Gasteiger partial charge in [-0.2, -0.15) is 15.0 Å². The molecule has 20 heavy (non-hydrogen) atoms. The number of aromatic nitrogens is 3. The van der Waals surface area contributed by atoms with E-state index in [0.717, 1.165) is 29.7 Å². The Labute approximate surface area is 118 Å². The van der Waals surface area contributed by atoms with Crippen molar-refractivity contribution < 1.29 is 4.79 Å². The fourth-order valence-electron chi connectivity index (χ4n) is 2.81. The van der Waals surface area contributed by atoms with Crippen LogP contribution in [0.25, 0.3) is 0 Å². The lowest BCUT2D eigenvalue weighted by atomic mass is 10.1. The van der Waals surface area contributed by atoms with Crippen LogP contribution in [0.5, 0.6) is 0 Å². The Morgan fingerprint density at radius 2 is 1.80 bits per heavy atom. The highest BCUT2D eigenvalue weighted by atomic mass is 16.2. The summed E-state index contributed by atoms with van der Waals surface area (Å²) in [6.07, 6.45) is 4.26. The van der Waals surface area contributed by atoms with E-state index in [4.69, 9.17) is 0 Å². The molecule has 2 heterocycles. The number of likely N-dealkylation sites (tertiary alicyclic amines) is 1. The van der Waals surface area contributed by atoms with Crippen molar-refractivity contribution in [2.24, 2.45) is 0 Å². The first kappa shape index (κ1) is 12.8. The van der Waals surface area contributed by atoms with Gasteiger partial charge >= 0.3 is 0 Å². The number of amides is 1. The lowest BCUT2D eigenvalue weighted by molar-refractivity contribution is 0.0786. The second-order valence-corrected chi connectivity index (χ2v) is 5.42. The van der Waals surface area contributed by atoms with Gasteiger partial charge in [0.2, 0.25) is 0 Å². The van der Waals surface area contributed by atoms with E-state index in [9.17, 15) is 4.79 Å². The third-order valence-electron chi connectivity index (χ3n) is 3.68. The molecule has 0 radical (unpaired) electrons. The van der Waals surface area contributed by atoms with Crippen LogP contribution in [-0.2, 0) is 0 Å². The van der Waals surface area contributed by atoms with Crippen molar-refractivity contribution in [3.8, 4) is 0 Å². The summed E-state index contributed by atoms with van der Waals surface area (Å²) in [5.41, 5.74) is 3.02. The lowest BCUT2D eigenvalue weighted by Gasteiger charge is -2.17. The summed E-state index contributed by atoms with van der Waals surface area (Å²) in [5.74, 6) is 0.103. The van der Waals surface area contributed by atoms with Gasteiger partial charge in [-0.1, -0.05) is 17.2 Å². The number of hydrogen-bond donors (Lipinski definition) is 0. The van der Waals surface area contributed by atoms with Gasteiger partial charge in [0.15, 0.2) is 0 Å². The normalized spacial score (nSPS) is 18.5. The zero-order valence-electron chi connectivity index (χ0n) is 11.8. The van der Waals surface area contributed by atoms with Gasteiger partial charge in [-0.15, -0.1) is 0 Å². The minimum Gasteiger partial charge on any atom is -0.336 e. The second kappa shape index (κ2) is 5.07. The van der Waals surface area contributed by atoms with Crippen molar-refractivity contribution in [3.63, 3.8) is 0 Å². The van der Waals surface area contributed by atoms with Gasteiger partial charge in [-0.25, -0.2) is 0 Å². The van der Waals surface area contributed by atoms with E-state index in [0.29, 0.717) is 6.54 Å². The monoisotopic (exact) mass is 270 g/mol. The first-order valence-electron chi connectivity index (χ1n) is 6.87. The van der Waals surface area contributed by atoms with Crippen molar-refractivity contribution in [1.82, 2.24) is 19.9 Å². The molecule has 0 aliphatic carbocycles. The van der Waals surface area contributed by atoms with Crippen molar-refractivity contribution in [3.05, 3.63) is 47.3 Å². The molecule has 1 aliphatic heterocycles. The smallest absolute Gasteiger partial charge is 0.253 e. The molecule has 1 aliphatic rings. The number of carbonyl (C=O) groups is 1. The summed E-state index contributed by atoms with van der Waals surface area (Å²) in [5, 5.41) is 8.32. The van der Waals surface area contributed by atoms with Crippen molar-refractivity contribution in [2.45, 2.75) is 26.3 Å². The van der Waals surface area contributed by atoms with E-state index in [1.807, 2.05) is 30.9 Å². The summed E-state index contributed by atoms with van der Waals surface area (Å²) in [4.78, 5) is 16.1. The number of benzene rings is 1. The number of carbonyl (C=O) groups excluding carboxylic acids is 1. The predicted molar refractivity (Wildman–Crippen MR) is 75.5 cm³/mol. The molecule has 5 nitrogen and oxygen atoms in total. The van der Waals surface area contributed by atoms with Crippen molar-refractivity contribution in [2.75, 3.05) is 13.1 Å². The Morgan fingerprint density at radius 1 is 1.15 bits per heavy atom. The summed E-state index contributed by atoms with van der Waals surface area (Å²) >= 11 is 0. The first-order chi connectivity index (χ1) is 9.63. The molecular weight excluding hydrogens is 252 g/mol. The second-order valence-electron chi connectivity index (χ2n) is 5.42. The van der Waals surface area contributed by atoms with E-state index in [-0.39, 0.29) is 11.9 Å². The van der Waals surface area contributed by atoms with E-state index in [1.54, 1.807) is 17.2 Å². The summed E-state index contributed by atoms with van der Waals surface area (Å²) in [6, 6.07) is 6.18.